The van der Waals surface area contributed by atoms with Gasteiger partial charge in [0.25, 0.3) is 0 Å². The van der Waals surface area contributed by atoms with Gasteiger partial charge in [0.1, 0.15) is 24.7 Å². The SMILES string of the molecule is C[C@@H]1COc2c(cc(F)cc2-c2cc(N(C(=O)CC#N)C3CCCCC3)ncc2Cl)N1. The van der Waals surface area contributed by atoms with E-state index < -0.39 is 5.82 Å². The monoisotopic (exact) mass is 442 g/mol. The molecule has 1 atom stereocenters. The molecule has 162 valence electrons. The second-order valence-corrected chi connectivity index (χ2v) is 8.51. The summed E-state index contributed by atoms with van der Waals surface area (Å²) in [5, 5.41) is 12.6. The van der Waals surface area contributed by atoms with Crippen molar-refractivity contribution in [3.05, 3.63) is 35.2 Å². The first-order chi connectivity index (χ1) is 15.0. The maximum absolute atomic E-state index is 14.4. The van der Waals surface area contributed by atoms with Crippen molar-refractivity contribution < 1.29 is 13.9 Å². The van der Waals surface area contributed by atoms with Gasteiger partial charge in [-0.2, -0.15) is 5.26 Å². The molecule has 1 amide bonds. The number of halogens is 2. The van der Waals surface area contributed by atoms with E-state index in [1.54, 1.807) is 11.0 Å². The number of hydrogen-bond donors (Lipinski definition) is 1. The molecule has 1 aromatic heterocycles. The van der Waals surface area contributed by atoms with Crippen LogP contribution in [0.2, 0.25) is 5.02 Å². The summed E-state index contributed by atoms with van der Waals surface area (Å²) in [5.74, 6) is 0.231. The van der Waals surface area contributed by atoms with Gasteiger partial charge in [0.05, 0.1) is 22.8 Å². The highest BCUT2D eigenvalue weighted by molar-refractivity contribution is 6.33. The minimum atomic E-state index is -0.418. The van der Waals surface area contributed by atoms with Crippen LogP contribution in [0.4, 0.5) is 15.9 Å². The van der Waals surface area contributed by atoms with Gasteiger partial charge in [-0.1, -0.05) is 30.9 Å². The number of ether oxygens (including phenoxy) is 1. The number of benzene rings is 1. The zero-order valence-corrected chi connectivity index (χ0v) is 18.1. The number of nitrogens with one attached hydrogen (secondary N) is 1. The highest BCUT2D eigenvalue weighted by Gasteiger charge is 2.29. The molecular weight excluding hydrogens is 419 g/mol. The fraction of sp³-hybridized carbons (Fsp3) is 0.435. The van der Waals surface area contributed by atoms with Crippen LogP contribution >= 0.6 is 11.6 Å². The standard InChI is InChI=1S/C23H24ClFN4O2/c1-14-13-31-23-18(9-15(25)10-20(23)28-14)17-11-21(27-12-19(17)24)29(22(30)7-8-26)16-5-3-2-4-6-16/h9-12,14,16,28H,2-7,13H2,1H3/t14-/m1/s1. The van der Waals surface area contributed by atoms with Gasteiger partial charge in [-0.25, -0.2) is 9.37 Å². The summed E-state index contributed by atoms with van der Waals surface area (Å²) in [6.45, 7) is 2.39. The number of hydrogen-bond acceptors (Lipinski definition) is 5. The summed E-state index contributed by atoms with van der Waals surface area (Å²) in [6, 6.07) is 6.45. The van der Waals surface area contributed by atoms with Crippen LogP contribution in [0.15, 0.2) is 24.4 Å². The van der Waals surface area contributed by atoms with Crippen LogP contribution in [0.1, 0.15) is 45.4 Å². The van der Waals surface area contributed by atoms with Crippen molar-refractivity contribution >= 4 is 29.0 Å². The summed E-state index contributed by atoms with van der Waals surface area (Å²) in [7, 11) is 0. The van der Waals surface area contributed by atoms with Gasteiger partial charge in [0.15, 0.2) is 5.75 Å². The van der Waals surface area contributed by atoms with E-state index in [9.17, 15) is 9.18 Å². The lowest BCUT2D eigenvalue weighted by molar-refractivity contribution is -0.118. The van der Waals surface area contributed by atoms with Crippen LogP contribution in [0.3, 0.4) is 0 Å². The first-order valence-electron chi connectivity index (χ1n) is 10.6. The van der Waals surface area contributed by atoms with Gasteiger partial charge in [0, 0.05) is 29.4 Å². The first kappa shape index (κ1) is 21.4. The molecule has 4 rings (SSSR count). The molecule has 6 nitrogen and oxygen atoms in total. The Bertz CT molecular complexity index is 1030. The number of nitriles is 1. The first-order valence-corrected chi connectivity index (χ1v) is 10.9. The van der Waals surface area contributed by atoms with Crippen molar-refractivity contribution in [2.45, 2.75) is 57.5 Å². The van der Waals surface area contributed by atoms with E-state index in [1.807, 2.05) is 13.0 Å². The van der Waals surface area contributed by atoms with E-state index in [-0.39, 0.29) is 24.4 Å². The molecule has 0 saturated heterocycles. The van der Waals surface area contributed by atoms with Gasteiger partial charge < -0.3 is 10.1 Å². The quantitative estimate of drug-likeness (QED) is 0.693. The lowest BCUT2D eigenvalue weighted by Gasteiger charge is -2.33. The molecule has 1 aromatic carbocycles. The zero-order chi connectivity index (χ0) is 22.0. The Kier molecular flexibility index (Phi) is 6.28. The van der Waals surface area contributed by atoms with Crippen molar-refractivity contribution in [3.63, 3.8) is 0 Å². The van der Waals surface area contributed by atoms with Crippen molar-refractivity contribution in [1.29, 1.82) is 5.26 Å². The molecule has 1 aliphatic heterocycles. The Labute approximate surface area is 186 Å². The van der Waals surface area contributed by atoms with E-state index in [2.05, 4.69) is 10.3 Å². The van der Waals surface area contributed by atoms with E-state index in [0.29, 0.717) is 40.0 Å². The summed E-state index contributed by atoms with van der Waals surface area (Å²) in [6.07, 6.45) is 6.14. The van der Waals surface area contributed by atoms with E-state index in [1.165, 1.54) is 18.3 Å². The molecule has 0 spiro atoms. The number of amides is 1. The zero-order valence-electron chi connectivity index (χ0n) is 17.3. The topological polar surface area (TPSA) is 78.2 Å². The summed E-state index contributed by atoms with van der Waals surface area (Å²) in [5.41, 5.74) is 1.59. The van der Waals surface area contributed by atoms with Gasteiger partial charge >= 0.3 is 0 Å². The average Bonchev–Trinajstić information content (AvgIpc) is 2.75. The Balaban J connectivity index is 1.80. The minimum Gasteiger partial charge on any atom is -0.489 e. The fourth-order valence-corrected chi connectivity index (χ4v) is 4.55. The summed E-state index contributed by atoms with van der Waals surface area (Å²) >= 11 is 6.47. The van der Waals surface area contributed by atoms with Crippen LogP contribution in [-0.4, -0.2) is 29.6 Å². The molecule has 0 bridgehead atoms. The largest absolute Gasteiger partial charge is 0.489 e. The molecule has 31 heavy (non-hydrogen) atoms. The molecule has 1 saturated carbocycles. The van der Waals surface area contributed by atoms with Crippen molar-refractivity contribution in [2.75, 3.05) is 16.8 Å². The van der Waals surface area contributed by atoms with Crippen molar-refractivity contribution in [1.82, 2.24) is 4.98 Å². The third kappa shape index (κ3) is 4.45. The molecule has 8 heteroatoms. The summed E-state index contributed by atoms with van der Waals surface area (Å²) < 4.78 is 20.3. The van der Waals surface area contributed by atoms with Crippen molar-refractivity contribution in [3.8, 4) is 22.9 Å². The predicted octanol–water partition coefficient (Wildman–Crippen LogP) is 5.31. The number of carbonyl (C=O) groups excluding carboxylic acids is 1. The minimum absolute atomic E-state index is 0.0173. The van der Waals surface area contributed by atoms with E-state index in [4.69, 9.17) is 21.6 Å². The molecule has 0 unspecified atom stereocenters. The second kappa shape index (κ2) is 9.11. The van der Waals surface area contributed by atoms with E-state index >= 15 is 0 Å². The molecule has 1 fully saturated rings. The molecular formula is C23H24ClFN4O2. The van der Waals surface area contributed by atoms with Crippen LogP contribution in [0, 0.1) is 17.1 Å². The number of aromatic nitrogens is 1. The molecule has 0 radical (unpaired) electrons. The average molecular weight is 443 g/mol. The van der Waals surface area contributed by atoms with Crippen LogP contribution < -0.4 is 15.0 Å². The molecule has 1 N–H and O–H groups in total. The maximum atomic E-state index is 14.4. The molecule has 2 aromatic rings. The highest BCUT2D eigenvalue weighted by Crippen LogP contribution is 2.43. The number of fused-ring (bicyclic) bond motifs is 1. The Morgan fingerprint density at radius 3 is 2.84 bits per heavy atom. The van der Waals surface area contributed by atoms with Gasteiger partial charge in [-0.15, -0.1) is 0 Å². The van der Waals surface area contributed by atoms with Crippen LogP contribution in [-0.2, 0) is 4.79 Å². The molecule has 1 aliphatic carbocycles. The number of carbonyl (C=O) groups is 1. The Morgan fingerprint density at radius 2 is 2.10 bits per heavy atom. The third-order valence-electron chi connectivity index (χ3n) is 5.75. The predicted molar refractivity (Wildman–Crippen MR) is 118 cm³/mol. The Morgan fingerprint density at radius 1 is 1.32 bits per heavy atom. The van der Waals surface area contributed by atoms with Crippen LogP contribution in [0.5, 0.6) is 5.75 Å². The second-order valence-electron chi connectivity index (χ2n) is 8.10. The third-order valence-corrected chi connectivity index (χ3v) is 6.05. The molecule has 2 aliphatic rings. The lowest BCUT2D eigenvalue weighted by atomic mass is 9.93. The van der Waals surface area contributed by atoms with E-state index in [0.717, 1.165) is 32.1 Å². The number of anilines is 2. The molecule has 2 heterocycles. The number of pyridine rings is 1. The van der Waals surface area contributed by atoms with Crippen LogP contribution in [0.25, 0.3) is 11.1 Å². The summed E-state index contributed by atoms with van der Waals surface area (Å²) in [4.78, 5) is 18.9. The smallest absolute Gasteiger partial charge is 0.242 e. The fourth-order valence-electron chi connectivity index (χ4n) is 4.35. The van der Waals surface area contributed by atoms with Gasteiger partial charge in [-0.05, 0) is 31.9 Å². The van der Waals surface area contributed by atoms with Gasteiger partial charge in [0.2, 0.25) is 5.91 Å². The maximum Gasteiger partial charge on any atom is 0.242 e. The number of rotatable bonds is 4. The Hall–Kier alpha value is -2.85. The normalized spacial score (nSPS) is 18.3. The number of nitrogens with zero attached hydrogens (tertiary/aromatic N) is 3. The van der Waals surface area contributed by atoms with Crippen molar-refractivity contribution in [2.24, 2.45) is 0 Å². The van der Waals surface area contributed by atoms with Gasteiger partial charge in [-0.3, -0.25) is 9.69 Å². The highest BCUT2D eigenvalue weighted by atomic mass is 35.5. The lowest BCUT2D eigenvalue weighted by Crippen LogP contribution is -2.42.